The van der Waals surface area contributed by atoms with E-state index in [0.29, 0.717) is 19.6 Å². The Hall–Kier alpha value is -0.570. The molecule has 0 amide bonds. The average Bonchev–Trinajstić information content (AvgIpc) is 2.55. The SMILES string of the molecule is CCCCCCCCCC(=O)OCC(CCCCCC)OCC. The lowest BCUT2D eigenvalue weighted by molar-refractivity contribution is -0.148. The normalized spacial score (nSPS) is 12.3. The van der Waals surface area contributed by atoms with Gasteiger partial charge in [0.05, 0.1) is 6.10 Å². The molecule has 0 aliphatic rings. The molecule has 0 aliphatic heterocycles. The Morgan fingerprint density at radius 1 is 0.783 bits per heavy atom. The molecule has 0 fully saturated rings. The van der Waals surface area contributed by atoms with Crippen LogP contribution in [0.2, 0.25) is 0 Å². The smallest absolute Gasteiger partial charge is 0.305 e. The molecule has 0 rings (SSSR count). The summed E-state index contributed by atoms with van der Waals surface area (Å²) in [4.78, 5) is 11.8. The summed E-state index contributed by atoms with van der Waals surface area (Å²) in [6, 6.07) is 0. The summed E-state index contributed by atoms with van der Waals surface area (Å²) in [5.74, 6) is -0.0585. The molecule has 0 spiro atoms. The van der Waals surface area contributed by atoms with Crippen molar-refractivity contribution in [2.45, 2.75) is 110 Å². The van der Waals surface area contributed by atoms with Gasteiger partial charge in [-0.05, 0) is 19.8 Å². The first-order valence-electron chi connectivity index (χ1n) is 10.0. The van der Waals surface area contributed by atoms with Gasteiger partial charge in [0.25, 0.3) is 0 Å². The Morgan fingerprint density at radius 3 is 1.96 bits per heavy atom. The van der Waals surface area contributed by atoms with Crippen molar-refractivity contribution in [3.8, 4) is 0 Å². The molecular formula is C20H40O3. The van der Waals surface area contributed by atoms with Crippen LogP contribution >= 0.6 is 0 Å². The number of carbonyl (C=O) groups is 1. The van der Waals surface area contributed by atoms with Gasteiger partial charge in [-0.3, -0.25) is 4.79 Å². The zero-order chi connectivity index (χ0) is 17.2. The van der Waals surface area contributed by atoms with E-state index < -0.39 is 0 Å². The number of esters is 1. The summed E-state index contributed by atoms with van der Waals surface area (Å²) in [5, 5.41) is 0. The second kappa shape index (κ2) is 17.8. The van der Waals surface area contributed by atoms with E-state index in [1.807, 2.05) is 6.92 Å². The monoisotopic (exact) mass is 328 g/mol. The molecule has 1 unspecified atom stereocenters. The third kappa shape index (κ3) is 16.1. The van der Waals surface area contributed by atoms with Crippen molar-refractivity contribution in [3.05, 3.63) is 0 Å². The predicted molar refractivity (Wildman–Crippen MR) is 97.7 cm³/mol. The summed E-state index contributed by atoms with van der Waals surface area (Å²) in [6.45, 7) is 7.56. The lowest BCUT2D eigenvalue weighted by atomic mass is 10.1. The summed E-state index contributed by atoms with van der Waals surface area (Å²) in [7, 11) is 0. The predicted octanol–water partition coefficient (Wildman–Crippen LogP) is 6.05. The maximum atomic E-state index is 11.8. The third-order valence-corrected chi connectivity index (χ3v) is 4.20. The quantitative estimate of drug-likeness (QED) is 0.241. The molecule has 0 bridgehead atoms. The first-order chi connectivity index (χ1) is 11.2. The summed E-state index contributed by atoms with van der Waals surface area (Å²) in [5.41, 5.74) is 0. The Kier molecular flexibility index (Phi) is 17.3. The zero-order valence-electron chi connectivity index (χ0n) is 15.9. The molecule has 0 saturated heterocycles. The number of hydrogen-bond acceptors (Lipinski definition) is 3. The van der Waals surface area contributed by atoms with Crippen LogP contribution in [0.15, 0.2) is 0 Å². The molecule has 0 saturated carbocycles. The van der Waals surface area contributed by atoms with Gasteiger partial charge in [0.1, 0.15) is 6.61 Å². The highest BCUT2D eigenvalue weighted by molar-refractivity contribution is 5.69. The fourth-order valence-electron chi connectivity index (χ4n) is 2.73. The maximum absolute atomic E-state index is 11.8. The van der Waals surface area contributed by atoms with Crippen LogP contribution in [-0.2, 0) is 14.3 Å². The van der Waals surface area contributed by atoms with Crippen molar-refractivity contribution in [1.82, 2.24) is 0 Å². The lowest BCUT2D eigenvalue weighted by Gasteiger charge is -2.17. The number of hydrogen-bond donors (Lipinski definition) is 0. The Bertz CT molecular complexity index is 253. The Morgan fingerprint density at radius 2 is 1.35 bits per heavy atom. The number of rotatable bonds is 17. The van der Waals surface area contributed by atoms with Gasteiger partial charge in [-0.1, -0.05) is 78.1 Å². The van der Waals surface area contributed by atoms with Gasteiger partial charge in [0, 0.05) is 13.0 Å². The molecule has 3 nitrogen and oxygen atoms in total. The molecule has 0 N–H and O–H groups in total. The van der Waals surface area contributed by atoms with Crippen molar-refractivity contribution in [2.24, 2.45) is 0 Å². The third-order valence-electron chi connectivity index (χ3n) is 4.20. The van der Waals surface area contributed by atoms with E-state index in [-0.39, 0.29) is 12.1 Å². The second-order valence-corrected chi connectivity index (χ2v) is 6.48. The second-order valence-electron chi connectivity index (χ2n) is 6.48. The highest BCUT2D eigenvalue weighted by Crippen LogP contribution is 2.11. The van der Waals surface area contributed by atoms with Crippen LogP contribution in [0.4, 0.5) is 0 Å². The zero-order valence-corrected chi connectivity index (χ0v) is 15.9. The minimum Gasteiger partial charge on any atom is -0.463 e. The minimum absolute atomic E-state index is 0.0585. The molecule has 0 aliphatic carbocycles. The minimum atomic E-state index is -0.0585. The van der Waals surface area contributed by atoms with Crippen LogP contribution in [0.5, 0.6) is 0 Å². The molecule has 23 heavy (non-hydrogen) atoms. The fourth-order valence-corrected chi connectivity index (χ4v) is 2.73. The van der Waals surface area contributed by atoms with Gasteiger partial charge >= 0.3 is 5.97 Å². The molecule has 138 valence electrons. The lowest BCUT2D eigenvalue weighted by Crippen LogP contribution is -2.22. The van der Waals surface area contributed by atoms with Crippen LogP contribution in [0.3, 0.4) is 0 Å². The molecule has 0 radical (unpaired) electrons. The van der Waals surface area contributed by atoms with Crippen molar-refractivity contribution < 1.29 is 14.3 Å². The summed E-state index contributed by atoms with van der Waals surface area (Å²) < 4.78 is 11.1. The molecule has 0 aromatic heterocycles. The van der Waals surface area contributed by atoms with Crippen LogP contribution in [0.25, 0.3) is 0 Å². The first-order valence-corrected chi connectivity index (χ1v) is 10.0. The molecular weight excluding hydrogens is 288 g/mol. The van der Waals surface area contributed by atoms with E-state index >= 15 is 0 Å². The topological polar surface area (TPSA) is 35.5 Å². The number of ether oxygens (including phenoxy) is 2. The average molecular weight is 329 g/mol. The van der Waals surface area contributed by atoms with Crippen molar-refractivity contribution in [2.75, 3.05) is 13.2 Å². The molecule has 0 aromatic rings. The van der Waals surface area contributed by atoms with Crippen molar-refractivity contribution in [3.63, 3.8) is 0 Å². The van der Waals surface area contributed by atoms with E-state index in [4.69, 9.17) is 9.47 Å². The van der Waals surface area contributed by atoms with E-state index in [9.17, 15) is 4.79 Å². The highest BCUT2D eigenvalue weighted by atomic mass is 16.6. The van der Waals surface area contributed by atoms with Crippen LogP contribution in [0, 0.1) is 0 Å². The molecule has 0 aromatic carbocycles. The van der Waals surface area contributed by atoms with Crippen LogP contribution in [-0.4, -0.2) is 25.3 Å². The van der Waals surface area contributed by atoms with Gasteiger partial charge in [-0.2, -0.15) is 0 Å². The van der Waals surface area contributed by atoms with E-state index in [0.717, 1.165) is 25.7 Å². The van der Waals surface area contributed by atoms with E-state index in [1.165, 1.54) is 51.4 Å². The van der Waals surface area contributed by atoms with Gasteiger partial charge in [-0.15, -0.1) is 0 Å². The summed E-state index contributed by atoms with van der Waals surface area (Å²) >= 11 is 0. The standard InChI is InChI=1S/C20H40O3/c1-4-7-9-11-12-13-15-17-20(21)23-18-19(22-6-3)16-14-10-8-5-2/h19H,4-18H2,1-3H3. The van der Waals surface area contributed by atoms with Crippen LogP contribution < -0.4 is 0 Å². The maximum Gasteiger partial charge on any atom is 0.305 e. The number of carbonyl (C=O) groups excluding carboxylic acids is 1. The molecule has 1 atom stereocenters. The van der Waals surface area contributed by atoms with Crippen LogP contribution in [0.1, 0.15) is 104 Å². The van der Waals surface area contributed by atoms with Gasteiger partial charge in [-0.25, -0.2) is 0 Å². The van der Waals surface area contributed by atoms with E-state index in [1.54, 1.807) is 0 Å². The van der Waals surface area contributed by atoms with Crippen molar-refractivity contribution >= 4 is 5.97 Å². The Balaban J connectivity index is 3.61. The largest absolute Gasteiger partial charge is 0.463 e. The fraction of sp³-hybridized carbons (Fsp3) is 0.950. The molecule has 3 heteroatoms. The Labute approximate surface area is 144 Å². The van der Waals surface area contributed by atoms with Gasteiger partial charge < -0.3 is 9.47 Å². The van der Waals surface area contributed by atoms with Gasteiger partial charge in [0.2, 0.25) is 0 Å². The highest BCUT2D eigenvalue weighted by Gasteiger charge is 2.11. The first kappa shape index (κ1) is 22.4. The van der Waals surface area contributed by atoms with Gasteiger partial charge in [0.15, 0.2) is 0 Å². The van der Waals surface area contributed by atoms with Crippen molar-refractivity contribution in [1.29, 1.82) is 0 Å². The van der Waals surface area contributed by atoms with E-state index in [2.05, 4.69) is 13.8 Å². The number of unbranched alkanes of at least 4 members (excludes halogenated alkanes) is 9. The summed E-state index contributed by atoms with van der Waals surface area (Å²) in [6.07, 6.45) is 15.1. The molecule has 0 heterocycles.